The molecule has 0 radical (unpaired) electrons. The van der Waals surface area contributed by atoms with Crippen LogP contribution in [0.3, 0.4) is 0 Å². The predicted octanol–water partition coefficient (Wildman–Crippen LogP) is 4.54. The van der Waals surface area contributed by atoms with E-state index < -0.39 is 6.17 Å². The van der Waals surface area contributed by atoms with E-state index >= 15 is 0 Å². The van der Waals surface area contributed by atoms with Crippen molar-refractivity contribution in [3.05, 3.63) is 66.0 Å². The minimum atomic E-state index is -0.759. The molecule has 1 unspecified atom stereocenters. The Kier molecular flexibility index (Phi) is 5.36. The molecule has 1 aromatic heterocycles. The molecule has 0 fully saturated rings. The summed E-state index contributed by atoms with van der Waals surface area (Å²) in [6.45, 7) is 2.41. The molecular formula is C20H21FN2O. The summed E-state index contributed by atoms with van der Waals surface area (Å²) in [6.07, 6.45) is 2.59. The normalized spacial score (nSPS) is 12.2. The molecule has 24 heavy (non-hydrogen) atoms. The number of benzene rings is 2. The molecule has 1 heterocycles. The van der Waals surface area contributed by atoms with Gasteiger partial charge in [0.15, 0.2) is 0 Å². The number of aromatic nitrogens is 2. The lowest BCUT2D eigenvalue weighted by Gasteiger charge is -2.09. The van der Waals surface area contributed by atoms with Crippen LogP contribution in [0, 0.1) is 0 Å². The van der Waals surface area contributed by atoms with Crippen LogP contribution in [0.15, 0.2) is 54.9 Å². The Morgan fingerprint density at radius 1 is 1.00 bits per heavy atom. The molecule has 0 aliphatic carbocycles. The van der Waals surface area contributed by atoms with Gasteiger partial charge in [-0.25, -0.2) is 14.4 Å². The monoisotopic (exact) mass is 324 g/mol. The number of hydrogen-bond acceptors (Lipinski definition) is 3. The van der Waals surface area contributed by atoms with Crippen LogP contribution >= 0.6 is 0 Å². The Morgan fingerprint density at radius 2 is 1.75 bits per heavy atom. The van der Waals surface area contributed by atoms with Crippen molar-refractivity contribution in [2.24, 2.45) is 0 Å². The third kappa shape index (κ3) is 4.07. The smallest absolute Gasteiger partial charge is 0.224 e. The summed E-state index contributed by atoms with van der Waals surface area (Å²) in [5, 5.41) is 0.920. The molecule has 0 bridgehead atoms. The van der Waals surface area contributed by atoms with E-state index in [-0.39, 0.29) is 0 Å². The van der Waals surface area contributed by atoms with E-state index in [4.69, 9.17) is 4.74 Å². The zero-order valence-electron chi connectivity index (χ0n) is 13.8. The van der Waals surface area contributed by atoms with Gasteiger partial charge in [0.1, 0.15) is 12.5 Å². The highest BCUT2D eigenvalue weighted by Crippen LogP contribution is 2.20. The zero-order valence-corrected chi connectivity index (χ0v) is 13.8. The lowest BCUT2D eigenvalue weighted by molar-refractivity contribution is 0.313. The summed E-state index contributed by atoms with van der Waals surface area (Å²) >= 11 is 0. The van der Waals surface area contributed by atoms with Crippen molar-refractivity contribution in [1.82, 2.24) is 9.97 Å². The van der Waals surface area contributed by atoms with Crippen molar-refractivity contribution in [3.63, 3.8) is 0 Å². The van der Waals surface area contributed by atoms with Gasteiger partial charge < -0.3 is 4.74 Å². The second kappa shape index (κ2) is 7.86. The summed E-state index contributed by atoms with van der Waals surface area (Å²) in [7, 11) is 0. The molecule has 2 aromatic carbocycles. The molecule has 0 spiro atoms. The number of ether oxygens (including phenoxy) is 1. The van der Waals surface area contributed by atoms with Gasteiger partial charge in [0.2, 0.25) is 5.88 Å². The van der Waals surface area contributed by atoms with Crippen molar-refractivity contribution >= 4 is 10.9 Å². The molecule has 0 saturated heterocycles. The van der Waals surface area contributed by atoms with Gasteiger partial charge in [-0.05, 0) is 29.7 Å². The van der Waals surface area contributed by atoms with Gasteiger partial charge in [-0.15, -0.1) is 0 Å². The Hall–Kier alpha value is -2.49. The summed E-state index contributed by atoms with van der Waals surface area (Å²) in [5.41, 5.74) is 3.09. The number of rotatable bonds is 7. The number of fused-ring (bicyclic) bond motifs is 1. The van der Waals surface area contributed by atoms with Crippen LogP contribution in [0.5, 0.6) is 5.88 Å². The van der Waals surface area contributed by atoms with E-state index in [1.54, 1.807) is 0 Å². The maximum Gasteiger partial charge on any atom is 0.224 e. The molecule has 3 nitrogen and oxygen atoms in total. The second-order valence-electron chi connectivity index (χ2n) is 5.82. The Bertz CT molecular complexity index is 784. The molecule has 0 amide bonds. The highest BCUT2D eigenvalue weighted by Gasteiger charge is 2.06. The van der Waals surface area contributed by atoms with Crippen molar-refractivity contribution in [1.29, 1.82) is 0 Å². The summed E-state index contributed by atoms with van der Waals surface area (Å²) in [4.78, 5) is 8.45. The fourth-order valence-corrected chi connectivity index (χ4v) is 2.60. The third-order valence-electron chi connectivity index (χ3n) is 4.06. The van der Waals surface area contributed by atoms with Gasteiger partial charge in [-0.1, -0.05) is 43.3 Å². The maximum absolute atomic E-state index is 13.4. The number of nitrogens with zero attached hydrogens (tertiary/aromatic N) is 2. The van der Waals surface area contributed by atoms with Crippen LogP contribution in [-0.2, 0) is 12.8 Å². The first-order valence-corrected chi connectivity index (χ1v) is 8.30. The number of hydrogen-bond donors (Lipinski definition) is 0. The number of alkyl halides is 1. The Morgan fingerprint density at radius 3 is 2.54 bits per heavy atom. The predicted molar refractivity (Wildman–Crippen MR) is 94.1 cm³/mol. The molecule has 124 valence electrons. The highest BCUT2D eigenvalue weighted by atomic mass is 19.1. The first-order valence-electron chi connectivity index (χ1n) is 8.30. The quantitative estimate of drug-likeness (QED) is 0.640. The van der Waals surface area contributed by atoms with Crippen LogP contribution in [-0.4, -0.2) is 22.7 Å². The van der Waals surface area contributed by atoms with Crippen LogP contribution < -0.4 is 4.74 Å². The summed E-state index contributed by atoms with van der Waals surface area (Å²) in [5.74, 6) is 0.612. The molecule has 0 aliphatic rings. The van der Waals surface area contributed by atoms with E-state index in [9.17, 15) is 4.39 Å². The third-order valence-corrected chi connectivity index (χ3v) is 4.06. The maximum atomic E-state index is 13.4. The first-order chi connectivity index (χ1) is 11.8. The van der Waals surface area contributed by atoms with Crippen LogP contribution in [0.1, 0.15) is 24.5 Å². The Balaban J connectivity index is 1.58. The van der Waals surface area contributed by atoms with Gasteiger partial charge >= 0.3 is 0 Å². The molecule has 0 saturated carbocycles. The molecule has 0 N–H and O–H groups in total. The average Bonchev–Trinajstić information content (AvgIpc) is 2.63. The van der Waals surface area contributed by atoms with Gasteiger partial charge in [-0.2, -0.15) is 0 Å². The van der Waals surface area contributed by atoms with Gasteiger partial charge in [0.05, 0.1) is 17.5 Å². The average molecular weight is 324 g/mol. The van der Waals surface area contributed by atoms with Crippen molar-refractivity contribution in [2.75, 3.05) is 6.61 Å². The number of halogens is 1. The SMILES string of the molecule is CCC(F)Cc1ccc(CCOc2ncnc3ccccc23)cc1. The minimum absolute atomic E-state index is 0.486. The molecule has 1 atom stereocenters. The molecule has 0 aliphatic heterocycles. The lowest BCUT2D eigenvalue weighted by Crippen LogP contribution is -2.05. The largest absolute Gasteiger partial charge is 0.477 e. The van der Waals surface area contributed by atoms with E-state index in [0.29, 0.717) is 25.3 Å². The van der Waals surface area contributed by atoms with Crippen molar-refractivity contribution in [2.45, 2.75) is 32.4 Å². The van der Waals surface area contributed by atoms with E-state index in [1.165, 1.54) is 11.9 Å². The highest BCUT2D eigenvalue weighted by molar-refractivity contribution is 5.82. The van der Waals surface area contributed by atoms with Crippen LogP contribution in [0.4, 0.5) is 4.39 Å². The van der Waals surface area contributed by atoms with E-state index in [1.807, 2.05) is 55.5 Å². The van der Waals surface area contributed by atoms with Crippen LogP contribution in [0.25, 0.3) is 10.9 Å². The second-order valence-corrected chi connectivity index (χ2v) is 5.82. The summed E-state index contributed by atoms with van der Waals surface area (Å²) < 4.78 is 19.2. The van der Waals surface area contributed by atoms with Gasteiger partial charge in [0, 0.05) is 12.8 Å². The Labute approximate surface area is 141 Å². The lowest BCUT2D eigenvalue weighted by atomic mass is 10.0. The minimum Gasteiger partial charge on any atom is -0.477 e. The summed E-state index contributed by atoms with van der Waals surface area (Å²) in [6, 6.07) is 15.9. The molecule has 4 heteroatoms. The fraction of sp³-hybridized carbons (Fsp3) is 0.300. The van der Waals surface area contributed by atoms with Crippen LogP contribution in [0.2, 0.25) is 0 Å². The zero-order chi connectivity index (χ0) is 16.8. The standard InChI is InChI=1S/C20H21FN2O/c1-2-17(21)13-16-9-7-15(8-10-16)11-12-24-20-18-5-3-4-6-19(18)22-14-23-20/h3-10,14,17H,2,11-13H2,1H3. The molecule has 3 aromatic rings. The molecular weight excluding hydrogens is 303 g/mol. The van der Waals surface area contributed by atoms with Gasteiger partial charge in [0.25, 0.3) is 0 Å². The number of para-hydroxylation sites is 1. The first kappa shape index (κ1) is 16.4. The van der Waals surface area contributed by atoms with E-state index in [2.05, 4.69) is 9.97 Å². The van der Waals surface area contributed by atoms with Crippen molar-refractivity contribution < 1.29 is 9.13 Å². The van der Waals surface area contributed by atoms with Crippen molar-refractivity contribution in [3.8, 4) is 5.88 Å². The van der Waals surface area contributed by atoms with Gasteiger partial charge in [-0.3, -0.25) is 0 Å². The van der Waals surface area contributed by atoms with E-state index in [0.717, 1.165) is 22.9 Å². The fourth-order valence-electron chi connectivity index (χ4n) is 2.60. The molecule has 3 rings (SSSR count). The topological polar surface area (TPSA) is 35.0 Å².